The van der Waals surface area contributed by atoms with Crippen molar-refractivity contribution in [3.63, 3.8) is 0 Å². The fourth-order valence-electron chi connectivity index (χ4n) is 3.36. The van der Waals surface area contributed by atoms with E-state index in [1.54, 1.807) is 6.07 Å². The van der Waals surface area contributed by atoms with Gasteiger partial charge in [0.05, 0.1) is 0 Å². The van der Waals surface area contributed by atoms with Gasteiger partial charge in [0.25, 0.3) is 0 Å². The standard InChI is InChI=1S/C18H26F2/c1-4-6-14-7-8-15(17(20)16(14)19)13-9-11-18(3,5-2)12-10-13/h7-8,13H,4-6,9-12H2,1-3H3. The third kappa shape index (κ3) is 3.05. The van der Waals surface area contributed by atoms with Crippen LogP contribution in [0, 0.1) is 17.0 Å². The van der Waals surface area contributed by atoms with Crippen LogP contribution < -0.4 is 0 Å². The molecule has 1 fully saturated rings. The lowest BCUT2D eigenvalue weighted by atomic mass is 9.69. The van der Waals surface area contributed by atoms with Crippen LogP contribution in [0.4, 0.5) is 8.78 Å². The van der Waals surface area contributed by atoms with Crippen LogP contribution in [0.5, 0.6) is 0 Å². The van der Waals surface area contributed by atoms with Gasteiger partial charge in [-0.05, 0) is 54.6 Å². The van der Waals surface area contributed by atoms with Crippen molar-refractivity contribution in [3.8, 4) is 0 Å². The van der Waals surface area contributed by atoms with Gasteiger partial charge in [0.15, 0.2) is 11.6 Å². The first-order chi connectivity index (χ1) is 9.50. The van der Waals surface area contributed by atoms with E-state index in [4.69, 9.17) is 0 Å². The molecule has 0 aromatic heterocycles. The van der Waals surface area contributed by atoms with Crippen LogP contribution in [0.3, 0.4) is 0 Å². The van der Waals surface area contributed by atoms with Crippen molar-refractivity contribution < 1.29 is 8.78 Å². The molecule has 2 rings (SSSR count). The average molecular weight is 280 g/mol. The Balaban J connectivity index is 2.16. The Morgan fingerprint density at radius 1 is 1.10 bits per heavy atom. The van der Waals surface area contributed by atoms with Crippen LogP contribution in [-0.4, -0.2) is 0 Å². The lowest BCUT2D eigenvalue weighted by Gasteiger charge is -2.37. The summed E-state index contributed by atoms with van der Waals surface area (Å²) >= 11 is 0. The zero-order valence-electron chi connectivity index (χ0n) is 12.9. The zero-order valence-corrected chi connectivity index (χ0v) is 12.9. The first-order valence-electron chi connectivity index (χ1n) is 7.97. The second-order valence-electron chi connectivity index (χ2n) is 6.63. The molecule has 0 N–H and O–H groups in total. The maximum atomic E-state index is 14.3. The molecule has 0 spiro atoms. The minimum atomic E-state index is -0.617. The largest absolute Gasteiger partial charge is 0.203 e. The van der Waals surface area contributed by atoms with Crippen molar-refractivity contribution >= 4 is 0 Å². The maximum Gasteiger partial charge on any atom is 0.162 e. The Morgan fingerprint density at radius 2 is 1.75 bits per heavy atom. The van der Waals surface area contributed by atoms with Gasteiger partial charge in [0.2, 0.25) is 0 Å². The van der Waals surface area contributed by atoms with Crippen LogP contribution >= 0.6 is 0 Å². The number of benzene rings is 1. The van der Waals surface area contributed by atoms with E-state index in [0.29, 0.717) is 23.0 Å². The SMILES string of the molecule is CCCc1ccc(C2CCC(C)(CC)CC2)c(F)c1F. The lowest BCUT2D eigenvalue weighted by molar-refractivity contribution is 0.189. The first-order valence-corrected chi connectivity index (χ1v) is 7.97. The van der Waals surface area contributed by atoms with Gasteiger partial charge in [-0.1, -0.05) is 45.7 Å². The summed E-state index contributed by atoms with van der Waals surface area (Å²) in [5.74, 6) is -1.02. The molecule has 20 heavy (non-hydrogen) atoms. The number of halogens is 2. The molecule has 1 aliphatic carbocycles. The Hall–Kier alpha value is -0.920. The van der Waals surface area contributed by atoms with Crippen LogP contribution in [0.2, 0.25) is 0 Å². The smallest absolute Gasteiger partial charge is 0.162 e. The van der Waals surface area contributed by atoms with E-state index in [0.717, 1.165) is 32.1 Å². The molecule has 1 aromatic rings. The third-order valence-corrected chi connectivity index (χ3v) is 5.20. The lowest BCUT2D eigenvalue weighted by Crippen LogP contribution is -2.23. The Labute approximate surface area is 121 Å². The molecule has 0 bridgehead atoms. The average Bonchev–Trinajstić information content (AvgIpc) is 2.46. The Kier molecular flexibility index (Phi) is 4.82. The van der Waals surface area contributed by atoms with Crippen molar-refractivity contribution in [3.05, 3.63) is 34.9 Å². The van der Waals surface area contributed by atoms with Crippen LogP contribution in [0.25, 0.3) is 0 Å². The predicted molar refractivity (Wildman–Crippen MR) is 80.0 cm³/mol. The van der Waals surface area contributed by atoms with Crippen molar-refractivity contribution in [1.82, 2.24) is 0 Å². The fraction of sp³-hybridized carbons (Fsp3) is 0.667. The molecule has 112 valence electrons. The Morgan fingerprint density at radius 3 is 2.30 bits per heavy atom. The monoisotopic (exact) mass is 280 g/mol. The van der Waals surface area contributed by atoms with E-state index in [1.807, 2.05) is 13.0 Å². The van der Waals surface area contributed by atoms with Gasteiger partial charge in [-0.3, -0.25) is 0 Å². The molecule has 0 aliphatic heterocycles. The second kappa shape index (κ2) is 6.24. The second-order valence-corrected chi connectivity index (χ2v) is 6.63. The number of hydrogen-bond donors (Lipinski definition) is 0. The van der Waals surface area contributed by atoms with E-state index in [1.165, 1.54) is 6.42 Å². The molecule has 0 saturated heterocycles. The Bertz CT molecular complexity index is 457. The summed E-state index contributed by atoms with van der Waals surface area (Å²) in [5, 5.41) is 0. The van der Waals surface area contributed by atoms with Gasteiger partial charge in [-0.2, -0.15) is 0 Å². The topological polar surface area (TPSA) is 0 Å². The molecular weight excluding hydrogens is 254 g/mol. The molecule has 1 saturated carbocycles. The third-order valence-electron chi connectivity index (χ3n) is 5.20. The van der Waals surface area contributed by atoms with Gasteiger partial charge < -0.3 is 0 Å². The fourth-order valence-corrected chi connectivity index (χ4v) is 3.36. The summed E-state index contributed by atoms with van der Waals surface area (Å²) in [6, 6.07) is 3.60. The molecular formula is C18H26F2. The van der Waals surface area contributed by atoms with Gasteiger partial charge in [-0.25, -0.2) is 8.78 Å². The number of rotatable bonds is 4. The van der Waals surface area contributed by atoms with Crippen molar-refractivity contribution in [2.45, 2.75) is 71.6 Å². The summed E-state index contributed by atoms with van der Waals surface area (Å²) in [7, 11) is 0. The van der Waals surface area contributed by atoms with Crippen molar-refractivity contribution in [2.75, 3.05) is 0 Å². The van der Waals surface area contributed by atoms with Crippen LogP contribution in [-0.2, 0) is 6.42 Å². The summed E-state index contributed by atoms with van der Waals surface area (Å²) in [6.45, 7) is 6.52. The highest BCUT2D eigenvalue weighted by Gasteiger charge is 2.31. The molecule has 0 unspecified atom stereocenters. The molecule has 0 heterocycles. The molecule has 1 aromatic carbocycles. The molecule has 0 amide bonds. The minimum absolute atomic E-state index is 0.194. The van der Waals surface area contributed by atoms with Crippen molar-refractivity contribution in [1.29, 1.82) is 0 Å². The summed E-state index contributed by atoms with van der Waals surface area (Å²) in [6.07, 6.45) is 6.82. The van der Waals surface area contributed by atoms with Gasteiger partial charge in [0, 0.05) is 0 Å². The quantitative estimate of drug-likeness (QED) is 0.635. The normalized spacial score (nSPS) is 26.8. The number of aryl methyl sites for hydroxylation is 1. The van der Waals surface area contributed by atoms with Gasteiger partial charge >= 0.3 is 0 Å². The van der Waals surface area contributed by atoms with Crippen LogP contribution in [0.1, 0.15) is 76.3 Å². The van der Waals surface area contributed by atoms with Gasteiger partial charge in [-0.15, -0.1) is 0 Å². The van der Waals surface area contributed by atoms with Crippen LogP contribution in [0.15, 0.2) is 12.1 Å². The maximum absolute atomic E-state index is 14.3. The highest BCUT2D eigenvalue weighted by Crippen LogP contribution is 2.45. The predicted octanol–water partition coefficient (Wildman–Crippen LogP) is 5.99. The molecule has 1 aliphatic rings. The van der Waals surface area contributed by atoms with E-state index in [2.05, 4.69) is 13.8 Å². The molecule has 0 radical (unpaired) electrons. The summed E-state index contributed by atoms with van der Waals surface area (Å²) in [4.78, 5) is 0. The summed E-state index contributed by atoms with van der Waals surface area (Å²) in [5.41, 5.74) is 1.51. The minimum Gasteiger partial charge on any atom is -0.203 e. The first kappa shape index (κ1) is 15.5. The zero-order chi connectivity index (χ0) is 14.8. The van der Waals surface area contributed by atoms with E-state index in [-0.39, 0.29) is 5.92 Å². The number of hydrogen-bond acceptors (Lipinski definition) is 0. The molecule has 0 nitrogen and oxygen atoms in total. The highest BCUT2D eigenvalue weighted by molar-refractivity contribution is 5.29. The van der Waals surface area contributed by atoms with Crippen molar-refractivity contribution in [2.24, 2.45) is 5.41 Å². The summed E-state index contributed by atoms with van der Waals surface area (Å²) < 4.78 is 28.3. The van der Waals surface area contributed by atoms with E-state index < -0.39 is 11.6 Å². The van der Waals surface area contributed by atoms with E-state index >= 15 is 0 Å². The molecule has 0 atom stereocenters. The van der Waals surface area contributed by atoms with E-state index in [9.17, 15) is 8.78 Å². The van der Waals surface area contributed by atoms with Gasteiger partial charge in [0.1, 0.15) is 0 Å². The highest BCUT2D eigenvalue weighted by atomic mass is 19.2. The molecule has 2 heteroatoms.